The van der Waals surface area contributed by atoms with Gasteiger partial charge >= 0.3 is 0 Å². The summed E-state index contributed by atoms with van der Waals surface area (Å²) in [6.07, 6.45) is 0.945. The van der Waals surface area contributed by atoms with E-state index in [9.17, 15) is 14.9 Å². The summed E-state index contributed by atoms with van der Waals surface area (Å²) in [6, 6.07) is 12.0. The third kappa shape index (κ3) is 5.55. The molecule has 0 heterocycles. The van der Waals surface area contributed by atoms with Gasteiger partial charge in [0, 0.05) is 29.4 Å². The van der Waals surface area contributed by atoms with Crippen LogP contribution in [0.1, 0.15) is 18.1 Å². The van der Waals surface area contributed by atoms with Gasteiger partial charge in [0.15, 0.2) is 0 Å². The minimum absolute atomic E-state index is 0.0201. The molecule has 0 unspecified atom stereocenters. The summed E-state index contributed by atoms with van der Waals surface area (Å²) in [6.45, 7) is 2.55. The van der Waals surface area contributed by atoms with Gasteiger partial charge < -0.3 is 5.32 Å². The molecule has 6 nitrogen and oxygen atoms in total. The zero-order chi connectivity index (χ0) is 18.4. The summed E-state index contributed by atoms with van der Waals surface area (Å²) >= 11 is 6.09. The quantitative estimate of drug-likeness (QED) is 0.599. The first-order chi connectivity index (χ1) is 11.9. The van der Waals surface area contributed by atoms with E-state index in [-0.39, 0.29) is 18.1 Å². The van der Waals surface area contributed by atoms with Crippen molar-refractivity contribution in [1.29, 1.82) is 0 Å². The Labute approximate surface area is 151 Å². The molecule has 0 aromatic heterocycles. The van der Waals surface area contributed by atoms with Gasteiger partial charge in [0.25, 0.3) is 5.69 Å². The average Bonchev–Trinajstić information content (AvgIpc) is 2.57. The van der Waals surface area contributed by atoms with Crippen molar-refractivity contribution in [2.24, 2.45) is 0 Å². The second kappa shape index (κ2) is 8.60. The predicted molar refractivity (Wildman–Crippen MR) is 98.9 cm³/mol. The third-order valence-corrected chi connectivity index (χ3v) is 4.11. The monoisotopic (exact) mass is 361 g/mol. The van der Waals surface area contributed by atoms with Gasteiger partial charge in [-0.1, -0.05) is 30.7 Å². The van der Waals surface area contributed by atoms with Crippen LogP contribution < -0.4 is 5.32 Å². The topological polar surface area (TPSA) is 75.5 Å². The molecule has 2 aromatic carbocycles. The van der Waals surface area contributed by atoms with Crippen LogP contribution >= 0.6 is 11.6 Å². The molecule has 0 aliphatic rings. The molecule has 7 heteroatoms. The number of nitro benzene ring substituents is 1. The molecule has 1 N–H and O–H groups in total. The highest BCUT2D eigenvalue weighted by Crippen LogP contribution is 2.23. The van der Waals surface area contributed by atoms with E-state index >= 15 is 0 Å². The number of benzene rings is 2. The Morgan fingerprint density at radius 3 is 2.52 bits per heavy atom. The lowest BCUT2D eigenvalue weighted by Crippen LogP contribution is -2.29. The van der Waals surface area contributed by atoms with E-state index in [1.54, 1.807) is 11.9 Å². The number of hydrogen-bond acceptors (Lipinski definition) is 4. The molecule has 0 saturated carbocycles. The van der Waals surface area contributed by atoms with Crippen molar-refractivity contribution in [2.75, 3.05) is 18.9 Å². The van der Waals surface area contributed by atoms with Gasteiger partial charge in [-0.2, -0.15) is 0 Å². The second-order valence-corrected chi connectivity index (χ2v) is 6.21. The Morgan fingerprint density at radius 1 is 1.24 bits per heavy atom. The number of likely N-dealkylation sites (N-methyl/N-ethyl adjacent to an activating group) is 1. The van der Waals surface area contributed by atoms with E-state index in [1.165, 1.54) is 23.8 Å². The summed E-state index contributed by atoms with van der Waals surface area (Å²) in [5.74, 6) is -0.159. The number of non-ortho nitro benzene ring substituents is 1. The largest absolute Gasteiger partial charge is 0.325 e. The van der Waals surface area contributed by atoms with E-state index in [0.717, 1.165) is 12.1 Å². The summed E-state index contributed by atoms with van der Waals surface area (Å²) in [5, 5.41) is 14.1. The van der Waals surface area contributed by atoms with Crippen molar-refractivity contribution in [3.8, 4) is 0 Å². The van der Waals surface area contributed by atoms with Crippen molar-refractivity contribution in [1.82, 2.24) is 4.90 Å². The molecule has 132 valence electrons. The zero-order valence-electron chi connectivity index (χ0n) is 14.2. The zero-order valence-corrected chi connectivity index (χ0v) is 14.9. The Bertz CT molecular complexity index is 763. The van der Waals surface area contributed by atoms with Crippen LogP contribution in [0.2, 0.25) is 5.02 Å². The first-order valence-electron chi connectivity index (χ1n) is 7.89. The fourth-order valence-electron chi connectivity index (χ4n) is 2.41. The predicted octanol–water partition coefficient (Wildman–Crippen LogP) is 3.88. The molecule has 0 fully saturated rings. The minimum Gasteiger partial charge on any atom is -0.325 e. The molecule has 0 atom stereocenters. The van der Waals surface area contributed by atoms with Crippen LogP contribution in [-0.2, 0) is 17.8 Å². The van der Waals surface area contributed by atoms with Crippen molar-refractivity contribution >= 4 is 28.9 Å². The minimum atomic E-state index is -0.466. The average molecular weight is 362 g/mol. The molecule has 25 heavy (non-hydrogen) atoms. The summed E-state index contributed by atoms with van der Waals surface area (Å²) < 4.78 is 0. The third-order valence-electron chi connectivity index (χ3n) is 3.74. The number of nitrogens with zero attached hydrogens (tertiary/aromatic N) is 2. The maximum Gasteiger partial charge on any atom is 0.269 e. The molecule has 2 aromatic rings. The van der Waals surface area contributed by atoms with E-state index in [0.29, 0.717) is 17.1 Å². The standard InChI is InChI=1S/C18H20ClN3O3/c1-3-13-4-6-15(7-5-13)20-18(23)12-21(2)11-14-10-16(22(24)25)8-9-17(14)19/h4-10H,3,11-12H2,1-2H3,(H,20,23). The van der Waals surface area contributed by atoms with Crippen LogP contribution in [0.25, 0.3) is 0 Å². The van der Waals surface area contributed by atoms with Crippen LogP contribution in [0.5, 0.6) is 0 Å². The van der Waals surface area contributed by atoms with Gasteiger partial charge in [0.2, 0.25) is 5.91 Å². The van der Waals surface area contributed by atoms with Gasteiger partial charge in [0.1, 0.15) is 0 Å². The van der Waals surface area contributed by atoms with Crippen molar-refractivity contribution in [3.63, 3.8) is 0 Å². The summed E-state index contributed by atoms with van der Waals surface area (Å²) in [4.78, 5) is 24.3. The molecule has 0 aliphatic carbocycles. The first-order valence-corrected chi connectivity index (χ1v) is 8.27. The number of halogens is 1. The summed E-state index contributed by atoms with van der Waals surface area (Å²) in [5.41, 5.74) is 2.53. The second-order valence-electron chi connectivity index (χ2n) is 5.80. The van der Waals surface area contributed by atoms with Crippen LogP contribution in [0.15, 0.2) is 42.5 Å². The number of amides is 1. The van der Waals surface area contributed by atoms with Crippen LogP contribution in [-0.4, -0.2) is 29.3 Å². The molecule has 0 spiro atoms. The molecule has 0 saturated heterocycles. The molecule has 0 radical (unpaired) electrons. The molecule has 1 amide bonds. The number of nitro groups is 1. The number of nitrogens with one attached hydrogen (secondary N) is 1. The lowest BCUT2D eigenvalue weighted by molar-refractivity contribution is -0.384. The van der Waals surface area contributed by atoms with Gasteiger partial charge in [-0.15, -0.1) is 0 Å². The Kier molecular flexibility index (Phi) is 6.50. The highest BCUT2D eigenvalue weighted by Gasteiger charge is 2.13. The number of anilines is 1. The highest BCUT2D eigenvalue weighted by molar-refractivity contribution is 6.31. The van der Waals surface area contributed by atoms with E-state index in [4.69, 9.17) is 11.6 Å². The summed E-state index contributed by atoms with van der Waals surface area (Å²) in [7, 11) is 1.76. The number of carbonyl (C=O) groups is 1. The normalized spacial score (nSPS) is 10.7. The number of carbonyl (C=O) groups excluding carboxylic acids is 1. The van der Waals surface area contributed by atoms with Crippen molar-refractivity contribution < 1.29 is 9.72 Å². The van der Waals surface area contributed by atoms with Gasteiger partial charge in [-0.05, 0) is 42.8 Å². The van der Waals surface area contributed by atoms with Crippen LogP contribution in [0.3, 0.4) is 0 Å². The maximum atomic E-state index is 12.1. The van der Waals surface area contributed by atoms with E-state index in [2.05, 4.69) is 12.2 Å². The van der Waals surface area contributed by atoms with Crippen molar-refractivity contribution in [2.45, 2.75) is 19.9 Å². The maximum absolute atomic E-state index is 12.1. The van der Waals surface area contributed by atoms with Gasteiger partial charge in [0.05, 0.1) is 11.5 Å². The number of hydrogen-bond donors (Lipinski definition) is 1. The molecule has 2 rings (SSSR count). The molecular formula is C18H20ClN3O3. The van der Waals surface area contributed by atoms with E-state index in [1.807, 2.05) is 24.3 Å². The van der Waals surface area contributed by atoms with E-state index < -0.39 is 4.92 Å². The Hall–Kier alpha value is -2.44. The molecule has 0 aliphatic heterocycles. The fraction of sp³-hybridized carbons (Fsp3) is 0.278. The van der Waals surface area contributed by atoms with Crippen molar-refractivity contribution in [3.05, 3.63) is 68.7 Å². The number of rotatable bonds is 7. The lowest BCUT2D eigenvalue weighted by Gasteiger charge is -2.17. The number of aryl methyl sites for hydroxylation is 1. The van der Waals surface area contributed by atoms with Crippen LogP contribution in [0.4, 0.5) is 11.4 Å². The first kappa shape index (κ1) is 18.9. The molecule has 0 bridgehead atoms. The Balaban J connectivity index is 1.94. The highest BCUT2D eigenvalue weighted by atomic mass is 35.5. The smallest absolute Gasteiger partial charge is 0.269 e. The van der Waals surface area contributed by atoms with Gasteiger partial charge in [-0.3, -0.25) is 19.8 Å². The fourth-order valence-corrected chi connectivity index (χ4v) is 2.59. The van der Waals surface area contributed by atoms with Gasteiger partial charge in [-0.25, -0.2) is 0 Å². The SMILES string of the molecule is CCc1ccc(NC(=O)CN(C)Cc2cc([N+](=O)[O-])ccc2Cl)cc1. The Morgan fingerprint density at radius 2 is 1.92 bits per heavy atom. The lowest BCUT2D eigenvalue weighted by atomic mass is 10.1. The van der Waals surface area contributed by atoms with Crippen LogP contribution in [0, 0.1) is 10.1 Å². The molecular weight excluding hydrogens is 342 g/mol.